The summed E-state index contributed by atoms with van der Waals surface area (Å²) in [6.45, 7) is 1.48. The first-order valence-corrected chi connectivity index (χ1v) is 9.53. The molecule has 30 heavy (non-hydrogen) atoms. The van der Waals surface area contributed by atoms with Crippen LogP contribution in [0.15, 0.2) is 54.6 Å². The van der Waals surface area contributed by atoms with E-state index in [0.717, 1.165) is 23.5 Å². The molecule has 0 aliphatic carbocycles. The maximum absolute atomic E-state index is 12.9. The quantitative estimate of drug-likeness (QED) is 0.571. The fraction of sp³-hybridized carbons (Fsp3) is 0.150. The molecule has 0 aliphatic rings. The largest absolute Gasteiger partial charge is 0.416 e. The Hall–Kier alpha value is -3.40. The van der Waals surface area contributed by atoms with E-state index in [4.69, 9.17) is 11.5 Å². The van der Waals surface area contributed by atoms with Crippen molar-refractivity contribution in [2.45, 2.75) is 19.1 Å². The number of hydrogen-bond acceptors (Lipinski definition) is 6. The highest BCUT2D eigenvalue weighted by atomic mass is 32.1. The lowest BCUT2D eigenvalue weighted by Crippen LogP contribution is -2.40. The van der Waals surface area contributed by atoms with Crippen LogP contribution in [0.5, 0.6) is 0 Å². The van der Waals surface area contributed by atoms with Gasteiger partial charge in [0.15, 0.2) is 5.13 Å². The number of rotatable bonds is 6. The summed E-state index contributed by atoms with van der Waals surface area (Å²) in [7, 11) is 0. The third-order valence-corrected chi connectivity index (χ3v) is 5.43. The van der Waals surface area contributed by atoms with Gasteiger partial charge in [0.1, 0.15) is 16.7 Å². The summed E-state index contributed by atoms with van der Waals surface area (Å²) in [6, 6.07) is 11.7. The van der Waals surface area contributed by atoms with Crippen molar-refractivity contribution in [2.75, 3.05) is 10.6 Å². The van der Waals surface area contributed by atoms with Crippen LogP contribution in [0, 0.1) is 0 Å². The fourth-order valence-electron chi connectivity index (χ4n) is 2.74. The molecule has 1 heterocycles. The number of benzene rings is 2. The number of primary amides is 1. The van der Waals surface area contributed by atoms with E-state index in [2.05, 4.69) is 4.98 Å². The molecule has 3 rings (SSSR count). The summed E-state index contributed by atoms with van der Waals surface area (Å²) in [5.74, 6) is -1.12. The Labute approximate surface area is 173 Å². The SMILES string of the molecule is CC(C(N)=O)N(c1ccc(C(F)(F)F)cc1)c1nc(N)c(C(=O)c2ccccc2)s1. The van der Waals surface area contributed by atoms with Gasteiger partial charge in [0, 0.05) is 11.3 Å². The second kappa shape index (κ2) is 8.15. The zero-order valence-electron chi connectivity index (χ0n) is 15.7. The molecule has 0 spiro atoms. The highest BCUT2D eigenvalue weighted by molar-refractivity contribution is 7.18. The first-order chi connectivity index (χ1) is 14.1. The average molecular weight is 434 g/mol. The molecule has 1 aromatic heterocycles. The van der Waals surface area contributed by atoms with Gasteiger partial charge < -0.3 is 16.4 Å². The molecule has 0 bridgehead atoms. The smallest absolute Gasteiger partial charge is 0.382 e. The van der Waals surface area contributed by atoms with Crippen molar-refractivity contribution in [3.05, 3.63) is 70.6 Å². The van der Waals surface area contributed by atoms with Gasteiger partial charge in [0.2, 0.25) is 11.7 Å². The Morgan fingerprint density at radius 1 is 1.07 bits per heavy atom. The molecule has 1 atom stereocenters. The van der Waals surface area contributed by atoms with E-state index in [9.17, 15) is 22.8 Å². The van der Waals surface area contributed by atoms with E-state index in [-0.39, 0.29) is 27.3 Å². The Bertz CT molecular complexity index is 1070. The second-order valence-corrected chi connectivity index (χ2v) is 7.38. The summed E-state index contributed by atoms with van der Waals surface area (Å²) < 4.78 is 38.7. The van der Waals surface area contributed by atoms with Crippen molar-refractivity contribution < 1.29 is 22.8 Å². The van der Waals surface area contributed by atoms with Gasteiger partial charge in [-0.2, -0.15) is 13.2 Å². The number of amides is 1. The molecule has 3 aromatic rings. The van der Waals surface area contributed by atoms with E-state index in [1.807, 2.05) is 0 Å². The number of alkyl halides is 3. The lowest BCUT2D eigenvalue weighted by molar-refractivity contribution is -0.137. The lowest BCUT2D eigenvalue weighted by atomic mass is 10.1. The molecule has 1 unspecified atom stereocenters. The molecule has 156 valence electrons. The van der Waals surface area contributed by atoms with E-state index in [1.165, 1.54) is 24.0 Å². The van der Waals surface area contributed by atoms with Crippen LogP contribution >= 0.6 is 11.3 Å². The van der Waals surface area contributed by atoms with E-state index in [0.29, 0.717) is 5.56 Å². The van der Waals surface area contributed by atoms with Crippen molar-refractivity contribution in [3.8, 4) is 0 Å². The van der Waals surface area contributed by atoms with E-state index < -0.39 is 23.7 Å². The second-order valence-electron chi connectivity index (χ2n) is 6.40. The van der Waals surface area contributed by atoms with Gasteiger partial charge >= 0.3 is 6.18 Å². The number of anilines is 3. The number of halogens is 3. The van der Waals surface area contributed by atoms with Gasteiger partial charge in [-0.05, 0) is 31.2 Å². The summed E-state index contributed by atoms with van der Waals surface area (Å²) in [4.78, 5) is 30.3. The van der Waals surface area contributed by atoms with Crippen molar-refractivity contribution in [2.24, 2.45) is 5.73 Å². The van der Waals surface area contributed by atoms with Gasteiger partial charge in [0.05, 0.1) is 5.56 Å². The van der Waals surface area contributed by atoms with Crippen LogP contribution in [-0.2, 0) is 11.0 Å². The molecule has 6 nitrogen and oxygen atoms in total. The summed E-state index contributed by atoms with van der Waals surface area (Å²) >= 11 is 0.931. The normalized spacial score (nSPS) is 12.4. The first-order valence-electron chi connectivity index (χ1n) is 8.71. The molecular weight excluding hydrogens is 417 g/mol. The van der Waals surface area contributed by atoms with Gasteiger partial charge in [-0.1, -0.05) is 41.7 Å². The van der Waals surface area contributed by atoms with Gasteiger partial charge in [-0.3, -0.25) is 9.59 Å². The molecule has 1 amide bonds. The Morgan fingerprint density at radius 2 is 1.67 bits per heavy atom. The predicted molar refractivity (Wildman–Crippen MR) is 109 cm³/mol. The molecule has 0 fully saturated rings. The number of nitrogens with two attached hydrogens (primary N) is 2. The van der Waals surface area contributed by atoms with Crippen LogP contribution in [0.1, 0.15) is 27.7 Å². The molecule has 0 aliphatic heterocycles. The first kappa shape index (κ1) is 21.3. The Morgan fingerprint density at radius 3 is 2.20 bits per heavy atom. The number of carbonyl (C=O) groups is 2. The van der Waals surface area contributed by atoms with Crippen LogP contribution in [0.25, 0.3) is 0 Å². The standard InChI is InChI=1S/C20H17F3N4O2S/c1-11(18(25)29)27(14-9-7-13(8-10-14)20(21,22)23)19-26-17(24)16(30-19)15(28)12-5-3-2-4-6-12/h2-11H,24H2,1H3,(H2,25,29). The highest BCUT2D eigenvalue weighted by Gasteiger charge is 2.32. The fourth-order valence-corrected chi connectivity index (χ4v) is 3.79. The minimum absolute atomic E-state index is 0.0440. The number of carbonyl (C=O) groups excluding carboxylic acids is 2. The predicted octanol–water partition coefficient (Wildman–Crippen LogP) is 3.99. The van der Waals surface area contributed by atoms with Gasteiger partial charge in [-0.15, -0.1) is 0 Å². The molecule has 2 aromatic carbocycles. The van der Waals surface area contributed by atoms with Crippen LogP contribution in [0.4, 0.5) is 29.8 Å². The van der Waals surface area contributed by atoms with Crippen molar-refractivity contribution in [1.29, 1.82) is 0 Å². The number of ketones is 1. The van der Waals surface area contributed by atoms with Gasteiger partial charge in [-0.25, -0.2) is 4.98 Å². The van der Waals surface area contributed by atoms with Crippen molar-refractivity contribution in [3.63, 3.8) is 0 Å². The molecule has 0 saturated carbocycles. The zero-order chi connectivity index (χ0) is 22.1. The minimum atomic E-state index is -4.50. The van der Waals surface area contributed by atoms with E-state index >= 15 is 0 Å². The number of nitrogens with zero attached hydrogens (tertiary/aromatic N) is 2. The van der Waals surface area contributed by atoms with E-state index in [1.54, 1.807) is 30.3 Å². The third-order valence-electron chi connectivity index (χ3n) is 4.36. The summed E-state index contributed by atoms with van der Waals surface area (Å²) in [5, 5.41) is 0.165. The molecular formula is C20H17F3N4O2S. The third kappa shape index (κ3) is 4.28. The van der Waals surface area contributed by atoms with Gasteiger partial charge in [0.25, 0.3) is 0 Å². The number of hydrogen-bond donors (Lipinski definition) is 2. The Kier molecular flexibility index (Phi) is 5.79. The van der Waals surface area contributed by atoms with Crippen LogP contribution in [0.3, 0.4) is 0 Å². The average Bonchev–Trinajstić information content (AvgIpc) is 3.09. The number of aromatic nitrogens is 1. The number of thiazole rings is 1. The van der Waals surface area contributed by atoms with Crippen LogP contribution < -0.4 is 16.4 Å². The minimum Gasteiger partial charge on any atom is -0.382 e. The zero-order valence-corrected chi connectivity index (χ0v) is 16.5. The topological polar surface area (TPSA) is 102 Å². The maximum Gasteiger partial charge on any atom is 0.416 e. The molecule has 4 N–H and O–H groups in total. The summed E-state index contributed by atoms with van der Waals surface area (Å²) in [5.41, 5.74) is 11.2. The van der Waals surface area contributed by atoms with Crippen molar-refractivity contribution in [1.82, 2.24) is 4.98 Å². The molecule has 0 saturated heterocycles. The molecule has 0 radical (unpaired) electrons. The van der Waals surface area contributed by atoms with Crippen molar-refractivity contribution >= 4 is 39.7 Å². The summed E-state index contributed by atoms with van der Waals surface area (Å²) in [6.07, 6.45) is -4.50. The van der Waals surface area contributed by atoms with Crippen LogP contribution in [-0.4, -0.2) is 22.7 Å². The monoisotopic (exact) mass is 434 g/mol. The highest BCUT2D eigenvalue weighted by Crippen LogP contribution is 2.37. The number of nitrogen functional groups attached to an aromatic ring is 1. The lowest BCUT2D eigenvalue weighted by Gasteiger charge is -2.27. The maximum atomic E-state index is 12.9. The molecule has 10 heteroatoms. The van der Waals surface area contributed by atoms with Crippen LogP contribution in [0.2, 0.25) is 0 Å². The Balaban J connectivity index is 2.04.